The first-order chi connectivity index (χ1) is 48.8. The molecule has 8 radical (unpaired) electrons. The number of hydrogen-bond acceptors (Lipinski definition) is 11. The van der Waals surface area contributed by atoms with Crippen LogP contribution in [0.25, 0.3) is 88.9 Å². The second-order valence-corrected chi connectivity index (χ2v) is 17.6. The number of furan rings is 2. The molecule has 18 heteroatoms. The molecule has 12 rings (SSSR count). The minimum atomic E-state index is -3.92. The standard InChI is InChI=1S/C18H13NO.C18H12NO.2C13H12N.C2H2.CH4O3S.2CH4O.CH4.B4.2Ir/c2*1-12-9-10-16(19-11-12)15-7-4-6-14-13-5-2-3-8-17(13)20-18(14)15;2*1-10-3-6-12(7-4-10)13-8-5-11(2)9-14-13;1-2;1-5(2,3)4;2*1-2;;1-4(2)3;;/h2-11H,1H3;2-6,8-11H,1H3;2*3-6,8-9H,1-2H3;1-2H;1H3,(H,2,3,4);2*2H,1H3;1H4;;;/q;3*-1;;;;;;;;/p-1/i2*1D3,9D,10D;2*1D3,2D3;;;;;;;;. The monoisotopic (exact) mass is 1530 g/mol. The first kappa shape index (κ1) is 46.7. The molecule has 0 atom stereocenters. The molecule has 0 aliphatic heterocycles. The molecule has 0 spiro atoms. The summed E-state index contributed by atoms with van der Waals surface area (Å²) in [5.74, 6) is 0. The van der Waals surface area contributed by atoms with Crippen molar-refractivity contribution in [3.05, 3.63) is 240 Å². The smallest absolute Gasteiger partial charge is 0.144 e. The van der Waals surface area contributed by atoms with E-state index in [-0.39, 0.29) is 117 Å². The van der Waals surface area contributed by atoms with Crippen LogP contribution in [-0.2, 0) is 50.3 Å². The van der Waals surface area contributed by atoms with Crippen molar-refractivity contribution in [3.63, 3.8) is 0 Å². The quantitative estimate of drug-likeness (QED) is 0.0742. The predicted octanol–water partition coefficient (Wildman–Crippen LogP) is 13.8. The summed E-state index contributed by atoms with van der Waals surface area (Å²) >= 11 is 0. The van der Waals surface area contributed by atoms with Gasteiger partial charge in [-0.15, -0.1) is 102 Å². The van der Waals surface area contributed by atoms with Crippen molar-refractivity contribution in [1.29, 1.82) is 0 Å². The number of rotatable bonds is 4. The number of benzene rings is 6. The van der Waals surface area contributed by atoms with Gasteiger partial charge in [-0.1, -0.05) is 123 Å². The first-order valence-corrected chi connectivity index (χ1v) is 25.7. The van der Waals surface area contributed by atoms with Crippen molar-refractivity contribution in [2.75, 3.05) is 20.5 Å². The molecule has 0 saturated heterocycles. The zero-order chi connectivity index (χ0) is 79.5. The Bertz CT molecular complexity index is 4560. The number of hydrogen-bond donors (Lipinski definition) is 2. The molecule has 6 aromatic heterocycles. The van der Waals surface area contributed by atoms with Crippen LogP contribution in [0.2, 0.25) is 0 Å². The Kier molecular flexibility index (Phi) is 21.3. The molecule has 2 N–H and O–H groups in total. The molecule has 0 unspecified atom stereocenters. The number of terminal acetylenes is 1. The normalized spacial score (nSPS) is 14.3. The van der Waals surface area contributed by atoms with Crippen LogP contribution >= 0.6 is 0 Å². The summed E-state index contributed by atoms with van der Waals surface area (Å²) in [5.41, 5.74) is 6.60. The average Bonchev–Trinajstić information content (AvgIpc) is 1.58. The molecule has 6 heterocycles. The number of aromatic nitrogens is 4. The third-order valence-electron chi connectivity index (χ3n) is 10.2. The van der Waals surface area contributed by atoms with Crippen LogP contribution in [0.15, 0.2) is 197 Å². The zero-order valence-corrected chi connectivity index (χ0v) is 51.0. The van der Waals surface area contributed by atoms with Crippen molar-refractivity contribution in [2.45, 2.75) is 48.5 Å². The fourth-order valence-corrected chi connectivity index (χ4v) is 6.98. The van der Waals surface area contributed by atoms with E-state index in [1.54, 1.807) is 36.4 Å². The maximum Gasteiger partial charge on any atom is 0.144 e. The van der Waals surface area contributed by atoms with E-state index >= 15 is 0 Å². The summed E-state index contributed by atoms with van der Waals surface area (Å²) in [5, 5.41) is 17.6. The largest absolute Gasteiger partial charge is 0.748 e. The molecule has 6 aromatic carbocycles. The van der Waals surface area contributed by atoms with Crippen molar-refractivity contribution >= 4 is 83.6 Å². The second kappa shape index (κ2) is 39.2. The van der Waals surface area contributed by atoms with Gasteiger partial charge in [0.2, 0.25) is 0 Å². The minimum absolute atomic E-state index is 0. The Morgan fingerprint density at radius 1 is 0.512 bits per heavy atom. The SMILES string of the molecule is C.C#C.CO.CO.CS(=O)(=O)[O-].[2H]C([2H])([2H])c1c[c-]c(-c2ccc(C([2H])([2H])[2H])cn2)cc1.[2H]C([2H])([2H])c1c[c-]c(-c2ccc(C([2H])([2H])[2H])cn2)cc1.[2H]c1c(C([2H])([2H])[2H])cnc(-c2[c-]ccc3c2oc2ccccc23)c1[2H].[2H]c1c(C([2H])([2H])[2H])cnc(-c2cccc3c2oc2ccccc23)c1[2H].[B]B([B])[B].[Ir].[Ir]. The van der Waals surface area contributed by atoms with Crippen LogP contribution in [-0.4, -0.2) is 93.2 Å². The maximum atomic E-state index is 9.08. The van der Waals surface area contributed by atoms with Gasteiger partial charge in [0.25, 0.3) is 0 Å². The molecule has 11 nitrogen and oxygen atoms in total. The van der Waals surface area contributed by atoms with E-state index in [1.165, 1.54) is 48.8 Å². The van der Waals surface area contributed by atoms with Crippen LogP contribution in [0.4, 0.5) is 0 Å². The Balaban J connectivity index is 0.000000674. The van der Waals surface area contributed by atoms with E-state index in [4.69, 9.17) is 62.2 Å². The Morgan fingerprint density at radius 3 is 1.33 bits per heavy atom. The van der Waals surface area contributed by atoms with Gasteiger partial charge in [-0.3, -0.25) is 4.98 Å². The first-order valence-electron chi connectivity index (χ1n) is 34.9. The number of para-hydroxylation sites is 3. The molecule has 440 valence electrons. The van der Waals surface area contributed by atoms with Gasteiger partial charge in [0, 0.05) is 161 Å². The number of pyridine rings is 4. The minimum Gasteiger partial charge on any atom is -0.748 e. The fraction of sp³-hybridized carbons (Fsp3) is 0.147. The second-order valence-electron chi connectivity index (χ2n) is 16.1. The number of aryl methyl sites for hydroxylation is 6. The van der Waals surface area contributed by atoms with Gasteiger partial charge in [0.1, 0.15) is 16.7 Å². The van der Waals surface area contributed by atoms with Gasteiger partial charge in [0.05, 0.1) is 26.9 Å². The van der Waals surface area contributed by atoms with Crippen LogP contribution in [0.1, 0.15) is 71.0 Å². The predicted molar refractivity (Wildman–Crippen MR) is 350 cm³/mol. The van der Waals surface area contributed by atoms with Crippen molar-refractivity contribution in [3.8, 4) is 57.9 Å². The average molecular weight is 1530 g/mol. The summed E-state index contributed by atoms with van der Waals surface area (Å²) in [4.78, 5) is 16.5. The topological polar surface area (TPSA) is 175 Å². The van der Waals surface area contributed by atoms with Gasteiger partial charge in [-0.2, -0.15) is 0 Å². The van der Waals surface area contributed by atoms with Crippen LogP contribution in [0.5, 0.6) is 0 Å². The molecule has 0 amide bonds. The summed E-state index contributed by atoms with van der Waals surface area (Å²) in [7, 11) is 12.1. The summed E-state index contributed by atoms with van der Waals surface area (Å²) in [6, 6.07) is 47.0. The summed E-state index contributed by atoms with van der Waals surface area (Å²) in [6.07, 6.45) is 12.8. The molecule has 0 saturated carbocycles. The maximum absolute atomic E-state index is 9.08. The molecule has 12 aromatic rings. The molecule has 0 aliphatic rings. The molecule has 86 heavy (non-hydrogen) atoms. The van der Waals surface area contributed by atoms with Crippen LogP contribution in [0, 0.1) is 72.2 Å². The van der Waals surface area contributed by atoms with Crippen molar-refractivity contribution in [2.24, 2.45) is 0 Å². The van der Waals surface area contributed by atoms with E-state index in [0.29, 0.717) is 56.6 Å². The van der Waals surface area contributed by atoms with Gasteiger partial charge < -0.3 is 38.6 Å². The number of fused-ring (bicyclic) bond motifs is 6. The van der Waals surface area contributed by atoms with E-state index < -0.39 is 57.6 Å². The molecular weight excluding hydrogens is 1440 g/mol. The third-order valence-corrected chi connectivity index (χ3v) is 10.2. The van der Waals surface area contributed by atoms with Gasteiger partial charge >= 0.3 is 0 Å². The van der Waals surface area contributed by atoms with Crippen molar-refractivity contribution < 1.29 is 102 Å². The van der Waals surface area contributed by atoms with E-state index in [0.717, 1.165) is 53.7 Å². The van der Waals surface area contributed by atoms with E-state index in [2.05, 4.69) is 74.2 Å². The van der Waals surface area contributed by atoms with Crippen molar-refractivity contribution in [1.82, 2.24) is 19.9 Å². The Hall–Kier alpha value is -7.53. The Morgan fingerprint density at radius 2 is 0.895 bits per heavy atom. The van der Waals surface area contributed by atoms with Gasteiger partial charge in [0.15, 0.2) is 0 Å². The van der Waals surface area contributed by atoms with Crippen LogP contribution < -0.4 is 0 Å². The number of nitrogens with zero attached hydrogens (tertiary/aromatic N) is 4. The Labute approximate surface area is 570 Å². The number of aliphatic hydroxyl groups excluding tert-OH is 2. The summed E-state index contributed by atoms with van der Waals surface area (Å²) < 4.78 is 204. The van der Waals surface area contributed by atoms with E-state index in [9.17, 15) is 0 Å². The molecule has 0 fully saturated rings. The zero-order valence-electron chi connectivity index (χ0n) is 67.4. The molecule has 0 aliphatic carbocycles. The third kappa shape index (κ3) is 24.1. The van der Waals surface area contributed by atoms with Gasteiger partial charge in [-0.25, -0.2) is 8.42 Å². The molecule has 0 bridgehead atoms. The summed E-state index contributed by atoms with van der Waals surface area (Å²) in [6.45, 7) is -13.6. The van der Waals surface area contributed by atoms with Crippen LogP contribution in [0.3, 0.4) is 0 Å². The van der Waals surface area contributed by atoms with E-state index in [1.807, 2.05) is 66.7 Å². The fourth-order valence-electron chi connectivity index (χ4n) is 6.98. The van der Waals surface area contributed by atoms with Gasteiger partial charge in [-0.05, 0) is 91.0 Å². The number of aliphatic hydroxyl groups is 2. The molecular formula is C68H66B4Ir2N4O7S-4.